The molecule has 0 aromatic carbocycles. The van der Waals surface area contributed by atoms with Crippen LogP contribution < -0.4 is 0 Å². The molecule has 3 aromatic rings. The second kappa shape index (κ2) is 7.88. The van der Waals surface area contributed by atoms with Gasteiger partial charge in [-0.2, -0.15) is 0 Å². The summed E-state index contributed by atoms with van der Waals surface area (Å²) in [5.41, 5.74) is 1.62. The van der Waals surface area contributed by atoms with Crippen molar-refractivity contribution in [3.63, 3.8) is 0 Å². The third kappa shape index (κ3) is 3.65. The number of carbonyl (C=O) groups excluding carboxylic acids is 1. The van der Waals surface area contributed by atoms with Crippen molar-refractivity contribution in [1.82, 2.24) is 29.4 Å². The number of hydrogen-bond acceptors (Lipinski definition) is 5. The van der Waals surface area contributed by atoms with Gasteiger partial charge < -0.3 is 4.90 Å². The Morgan fingerprint density at radius 3 is 2.64 bits per heavy atom. The van der Waals surface area contributed by atoms with Crippen LogP contribution in [0.25, 0.3) is 5.82 Å². The van der Waals surface area contributed by atoms with Gasteiger partial charge in [0.15, 0.2) is 5.82 Å². The molecule has 1 aliphatic rings. The highest BCUT2D eigenvalue weighted by Gasteiger charge is 2.26. The highest BCUT2D eigenvalue weighted by molar-refractivity contribution is 5.93. The van der Waals surface area contributed by atoms with E-state index >= 15 is 0 Å². The maximum absolute atomic E-state index is 12.6. The molecule has 7 heteroatoms. The summed E-state index contributed by atoms with van der Waals surface area (Å²) >= 11 is 0. The number of hydrogen-bond donors (Lipinski definition) is 0. The van der Waals surface area contributed by atoms with E-state index in [0.717, 1.165) is 30.2 Å². The Bertz CT molecular complexity index is 944. The number of rotatable bonds is 4. The Kier molecular flexibility index (Phi) is 5.14. The summed E-state index contributed by atoms with van der Waals surface area (Å²) in [6.45, 7) is 5.66. The van der Waals surface area contributed by atoms with Crippen molar-refractivity contribution in [1.29, 1.82) is 0 Å². The van der Waals surface area contributed by atoms with E-state index in [4.69, 9.17) is 4.98 Å². The molecule has 1 aliphatic heterocycles. The van der Waals surface area contributed by atoms with Crippen LogP contribution in [0.5, 0.6) is 0 Å². The molecule has 0 atom stereocenters. The van der Waals surface area contributed by atoms with Gasteiger partial charge in [-0.15, -0.1) is 0 Å². The lowest BCUT2D eigenvalue weighted by molar-refractivity contribution is 0.0711. The smallest absolute Gasteiger partial charge is 0.255 e. The lowest BCUT2D eigenvalue weighted by Gasteiger charge is -2.31. The van der Waals surface area contributed by atoms with Crippen molar-refractivity contribution in [2.45, 2.75) is 38.5 Å². The number of pyridine rings is 1. The first-order valence-electron chi connectivity index (χ1n) is 9.68. The fraction of sp³-hybridized carbons (Fsp3) is 0.381. The molecular formula is C21H24N6O. The standard InChI is InChI=1S/C21H24N6O/c1-15(2)20-24-8-11-27(20)19-14-23-13-18(25-19)16-5-9-26(10-6-16)21(28)17-4-3-7-22-12-17/h3-4,7-8,11-16H,5-6,9-10H2,1-2H3. The molecule has 0 bridgehead atoms. The van der Waals surface area contributed by atoms with E-state index in [2.05, 4.69) is 28.8 Å². The maximum Gasteiger partial charge on any atom is 0.255 e. The second-order valence-corrected chi connectivity index (χ2v) is 7.42. The molecule has 1 amide bonds. The number of nitrogens with zero attached hydrogens (tertiary/aromatic N) is 6. The molecule has 1 saturated heterocycles. The van der Waals surface area contributed by atoms with Crippen LogP contribution in [-0.2, 0) is 0 Å². The highest BCUT2D eigenvalue weighted by atomic mass is 16.2. The van der Waals surface area contributed by atoms with Gasteiger partial charge in [-0.25, -0.2) is 9.97 Å². The molecule has 4 heterocycles. The summed E-state index contributed by atoms with van der Waals surface area (Å²) in [6, 6.07) is 3.61. The van der Waals surface area contributed by atoms with Crippen LogP contribution in [-0.4, -0.2) is 48.4 Å². The third-order valence-electron chi connectivity index (χ3n) is 5.18. The first-order valence-corrected chi connectivity index (χ1v) is 9.68. The van der Waals surface area contributed by atoms with Crippen molar-refractivity contribution in [2.24, 2.45) is 0 Å². The maximum atomic E-state index is 12.6. The zero-order valence-electron chi connectivity index (χ0n) is 16.2. The molecule has 4 rings (SSSR count). The lowest BCUT2D eigenvalue weighted by atomic mass is 9.93. The van der Waals surface area contributed by atoms with Crippen LogP contribution >= 0.6 is 0 Å². The van der Waals surface area contributed by atoms with Crippen LogP contribution in [0.2, 0.25) is 0 Å². The van der Waals surface area contributed by atoms with Gasteiger partial charge in [0.05, 0.1) is 17.5 Å². The molecule has 0 radical (unpaired) electrons. The second-order valence-electron chi connectivity index (χ2n) is 7.42. The molecule has 0 unspecified atom stereocenters. The summed E-state index contributed by atoms with van der Waals surface area (Å²) in [7, 11) is 0. The van der Waals surface area contributed by atoms with E-state index in [9.17, 15) is 4.79 Å². The number of aromatic nitrogens is 5. The van der Waals surface area contributed by atoms with E-state index in [1.165, 1.54) is 0 Å². The van der Waals surface area contributed by atoms with Gasteiger partial charge in [-0.05, 0) is 25.0 Å². The first-order chi connectivity index (χ1) is 13.6. The summed E-state index contributed by atoms with van der Waals surface area (Å²) < 4.78 is 2.00. The van der Waals surface area contributed by atoms with Gasteiger partial charge in [-0.1, -0.05) is 13.8 Å². The van der Waals surface area contributed by atoms with Gasteiger partial charge in [0.25, 0.3) is 5.91 Å². The molecule has 28 heavy (non-hydrogen) atoms. The van der Waals surface area contributed by atoms with E-state index in [1.54, 1.807) is 30.9 Å². The minimum absolute atomic E-state index is 0.0476. The fourth-order valence-corrected chi connectivity index (χ4v) is 3.67. The molecule has 0 aliphatic carbocycles. The predicted molar refractivity (Wildman–Crippen MR) is 105 cm³/mol. The van der Waals surface area contributed by atoms with E-state index < -0.39 is 0 Å². The van der Waals surface area contributed by atoms with Crippen molar-refractivity contribution >= 4 is 5.91 Å². The zero-order chi connectivity index (χ0) is 19.5. The molecule has 1 fully saturated rings. The van der Waals surface area contributed by atoms with Crippen molar-refractivity contribution in [2.75, 3.05) is 13.1 Å². The third-order valence-corrected chi connectivity index (χ3v) is 5.18. The molecular weight excluding hydrogens is 352 g/mol. The topological polar surface area (TPSA) is 76.8 Å². The average molecular weight is 376 g/mol. The van der Waals surface area contributed by atoms with E-state index in [0.29, 0.717) is 30.5 Å². The number of carbonyl (C=O) groups is 1. The number of amides is 1. The van der Waals surface area contributed by atoms with Crippen molar-refractivity contribution in [3.05, 3.63) is 66.4 Å². The largest absolute Gasteiger partial charge is 0.339 e. The van der Waals surface area contributed by atoms with Gasteiger partial charge in [-0.3, -0.25) is 19.3 Å². The summed E-state index contributed by atoms with van der Waals surface area (Å²) in [5, 5.41) is 0. The van der Waals surface area contributed by atoms with Gasteiger partial charge in [0.1, 0.15) is 5.82 Å². The Labute approximate surface area is 164 Å². The normalized spacial score (nSPS) is 15.2. The van der Waals surface area contributed by atoms with Gasteiger partial charge in [0.2, 0.25) is 0 Å². The summed E-state index contributed by atoms with van der Waals surface area (Å²) in [5.74, 6) is 2.43. The minimum atomic E-state index is 0.0476. The Hall–Kier alpha value is -3.09. The van der Waals surface area contributed by atoms with E-state index in [1.807, 2.05) is 27.9 Å². The van der Waals surface area contributed by atoms with Gasteiger partial charge >= 0.3 is 0 Å². The summed E-state index contributed by atoms with van der Waals surface area (Å²) in [4.78, 5) is 32.3. The predicted octanol–water partition coefficient (Wildman–Crippen LogP) is 3.20. The minimum Gasteiger partial charge on any atom is -0.339 e. The van der Waals surface area contributed by atoms with Crippen LogP contribution in [0.3, 0.4) is 0 Å². The van der Waals surface area contributed by atoms with Crippen molar-refractivity contribution < 1.29 is 4.79 Å². The molecule has 0 spiro atoms. The summed E-state index contributed by atoms with van der Waals surface area (Å²) in [6.07, 6.45) is 12.4. The quantitative estimate of drug-likeness (QED) is 0.699. The number of likely N-dealkylation sites (tertiary alicyclic amines) is 1. The highest BCUT2D eigenvalue weighted by Crippen LogP contribution is 2.28. The van der Waals surface area contributed by atoms with Crippen LogP contribution in [0, 0.1) is 0 Å². The molecule has 144 valence electrons. The first kappa shape index (κ1) is 18.3. The van der Waals surface area contributed by atoms with Gasteiger partial charge in [0, 0.05) is 55.9 Å². The molecule has 0 saturated carbocycles. The number of piperidine rings is 1. The Morgan fingerprint density at radius 2 is 1.93 bits per heavy atom. The molecule has 7 nitrogen and oxygen atoms in total. The molecule has 0 N–H and O–H groups in total. The monoisotopic (exact) mass is 376 g/mol. The van der Waals surface area contributed by atoms with Crippen LogP contribution in [0.4, 0.5) is 0 Å². The average Bonchev–Trinajstić information content (AvgIpc) is 3.24. The zero-order valence-corrected chi connectivity index (χ0v) is 16.2. The SMILES string of the molecule is CC(C)c1nccn1-c1cncc(C2CCN(C(=O)c3cccnc3)CC2)n1. The lowest BCUT2D eigenvalue weighted by Crippen LogP contribution is -2.38. The fourth-order valence-electron chi connectivity index (χ4n) is 3.67. The Morgan fingerprint density at radius 1 is 1.11 bits per heavy atom. The van der Waals surface area contributed by atoms with E-state index in [-0.39, 0.29) is 5.91 Å². The molecule has 3 aromatic heterocycles. The van der Waals surface area contributed by atoms with Crippen molar-refractivity contribution in [3.8, 4) is 5.82 Å². The Balaban J connectivity index is 1.47. The van der Waals surface area contributed by atoms with Crippen LogP contribution in [0.1, 0.15) is 60.4 Å². The van der Waals surface area contributed by atoms with Crippen LogP contribution in [0.15, 0.2) is 49.3 Å². The number of imidazole rings is 1.